The van der Waals surface area contributed by atoms with E-state index in [1.54, 1.807) is 26.8 Å². The topological polar surface area (TPSA) is 89.3 Å². The lowest BCUT2D eigenvalue weighted by molar-refractivity contribution is -0.120. The minimum atomic E-state index is -3.30. The molecule has 100 valence electrons. The number of carbonyl (C=O) groups is 1. The van der Waals surface area contributed by atoms with Gasteiger partial charge in [-0.05, 0) is 38.5 Å². The van der Waals surface area contributed by atoms with E-state index in [2.05, 4.69) is 5.32 Å². The van der Waals surface area contributed by atoms with Gasteiger partial charge in [0.05, 0.1) is 10.4 Å². The average molecular weight is 270 g/mol. The Balaban J connectivity index is 3.14. The van der Waals surface area contributed by atoms with Crippen molar-refractivity contribution in [2.24, 2.45) is 5.73 Å². The van der Waals surface area contributed by atoms with Crippen LogP contribution >= 0.6 is 0 Å². The van der Waals surface area contributed by atoms with Gasteiger partial charge in [-0.25, -0.2) is 8.42 Å². The second-order valence-electron chi connectivity index (χ2n) is 4.92. The van der Waals surface area contributed by atoms with Crippen molar-refractivity contribution >= 4 is 21.4 Å². The summed E-state index contributed by atoms with van der Waals surface area (Å²) < 4.78 is 22.9. The zero-order chi connectivity index (χ0) is 14.1. The maximum absolute atomic E-state index is 11.8. The minimum Gasteiger partial charge on any atom is -0.324 e. The number of amides is 1. The molecule has 0 aliphatic carbocycles. The Hall–Kier alpha value is -1.40. The van der Waals surface area contributed by atoms with Crippen LogP contribution in [0.25, 0.3) is 0 Å². The molecule has 0 bridgehead atoms. The van der Waals surface area contributed by atoms with Crippen molar-refractivity contribution in [1.29, 1.82) is 0 Å². The highest BCUT2D eigenvalue weighted by Gasteiger charge is 2.22. The van der Waals surface area contributed by atoms with Crippen LogP contribution in [0.4, 0.5) is 5.69 Å². The molecule has 0 fully saturated rings. The molecule has 0 aliphatic rings. The molecule has 0 unspecified atom stereocenters. The second-order valence-corrected chi connectivity index (χ2v) is 6.94. The molecule has 1 rings (SSSR count). The van der Waals surface area contributed by atoms with Gasteiger partial charge in [-0.1, -0.05) is 6.07 Å². The molecular formula is C12H18N2O3S. The van der Waals surface area contributed by atoms with E-state index in [9.17, 15) is 13.2 Å². The molecule has 1 aromatic carbocycles. The molecule has 0 radical (unpaired) electrons. The normalized spacial score (nSPS) is 12.3. The summed E-state index contributed by atoms with van der Waals surface area (Å²) in [6, 6.07) is 4.59. The minimum absolute atomic E-state index is 0.165. The van der Waals surface area contributed by atoms with Gasteiger partial charge in [0.1, 0.15) is 0 Å². The number of hydrogen-bond donors (Lipinski definition) is 2. The third-order valence-electron chi connectivity index (χ3n) is 2.47. The third kappa shape index (κ3) is 3.54. The van der Waals surface area contributed by atoms with E-state index in [0.717, 1.165) is 11.8 Å². The molecule has 0 aromatic heterocycles. The average Bonchev–Trinajstić information content (AvgIpc) is 2.18. The van der Waals surface area contributed by atoms with Gasteiger partial charge < -0.3 is 11.1 Å². The standard InChI is InChI=1S/C12H18N2O3S/c1-8-5-6-9(18(4,16)17)7-10(8)14-11(15)12(2,3)13/h5-7H,13H2,1-4H3,(H,14,15). The SMILES string of the molecule is Cc1ccc(S(C)(=O)=O)cc1NC(=O)C(C)(C)N. The van der Waals surface area contributed by atoms with Gasteiger partial charge in [0.25, 0.3) is 0 Å². The molecule has 1 aromatic rings. The molecule has 0 aliphatic heterocycles. The summed E-state index contributed by atoms with van der Waals surface area (Å²) in [7, 11) is -3.30. The maximum atomic E-state index is 11.8. The van der Waals surface area contributed by atoms with Gasteiger partial charge in [0, 0.05) is 11.9 Å². The number of hydrogen-bond acceptors (Lipinski definition) is 4. The Bertz CT molecular complexity index is 571. The number of aryl methyl sites for hydroxylation is 1. The Morgan fingerprint density at radius 3 is 2.33 bits per heavy atom. The molecule has 0 saturated carbocycles. The van der Waals surface area contributed by atoms with Crippen LogP contribution in [-0.2, 0) is 14.6 Å². The second kappa shape index (κ2) is 4.70. The Kier molecular flexibility index (Phi) is 3.83. The first-order valence-electron chi connectivity index (χ1n) is 5.43. The lowest BCUT2D eigenvalue weighted by Crippen LogP contribution is -2.45. The Morgan fingerprint density at radius 1 is 1.33 bits per heavy atom. The molecule has 6 heteroatoms. The van der Waals surface area contributed by atoms with Crippen molar-refractivity contribution in [3.63, 3.8) is 0 Å². The highest BCUT2D eigenvalue weighted by molar-refractivity contribution is 7.90. The van der Waals surface area contributed by atoms with Crippen LogP contribution < -0.4 is 11.1 Å². The molecule has 0 heterocycles. The van der Waals surface area contributed by atoms with Gasteiger partial charge in [0.2, 0.25) is 5.91 Å². The van der Waals surface area contributed by atoms with Crippen LogP contribution in [0.1, 0.15) is 19.4 Å². The van der Waals surface area contributed by atoms with E-state index in [0.29, 0.717) is 5.69 Å². The van der Waals surface area contributed by atoms with Gasteiger partial charge in [-0.15, -0.1) is 0 Å². The van der Waals surface area contributed by atoms with E-state index < -0.39 is 15.4 Å². The molecule has 0 spiro atoms. The number of nitrogens with one attached hydrogen (secondary N) is 1. The van der Waals surface area contributed by atoms with Crippen molar-refractivity contribution in [2.75, 3.05) is 11.6 Å². The van der Waals surface area contributed by atoms with E-state index in [4.69, 9.17) is 5.73 Å². The number of sulfone groups is 1. The van der Waals surface area contributed by atoms with Gasteiger partial charge in [0.15, 0.2) is 9.84 Å². The highest BCUT2D eigenvalue weighted by Crippen LogP contribution is 2.21. The van der Waals surface area contributed by atoms with Crippen LogP contribution in [0.2, 0.25) is 0 Å². The fourth-order valence-electron chi connectivity index (χ4n) is 1.25. The first kappa shape index (κ1) is 14.7. The zero-order valence-electron chi connectivity index (χ0n) is 10.9. The van der Waals surface area contributed by atoms with Crippen molar-refractivity contribution in [1.82, 2.24) is 0 Å². The maximum Gasteiger partial charge on any atom is 0.243 e. The van der Waals surface area contributed by atoms with Crippen molar-refractivity contribution in [3.8, 4) is 0 Å². The van der Waals surface area contributed by atoms with Crippen molar-refractivity contribution < 1.29 is 13.2 Å². The summed E-state index contributed by atoms with van der Waals surface area (Å²) in [5, 5.41) is 2.63. The fourth-order valence-corrected chi connectivity index (χ4v) is 1.90. The first-order chi connectivity index (χ1) is 8.01. The predicted molar refractivity (Wildman–Crippen MR) is 71.2 cm³/mol. The van der Waals surface area contributed by atoms with Crippen LogP contribution in [0.15, 0.2) is 23.1 Å². The predicted octanol–water partition coefficient (Wildman–Crippen LogP) is 1.07. The van der Waals surface area contributed by atoms with Crippen LogP contribution in [0.5, 0.6) is 0 Å². The van der Waals surface area contributed by atoms with Crippen LogP contribution in [-0.4, -0.2) is 26.1 Å². The zero-order valence-corrected chi connectivity index (χ0v) is 11.8. The van der Waals surface area contributed by atoms with E-state index in [-0.39, 0.29) is 10.8 Å². The third-order valence-corrected chi connectivity index (χ3v) is 3.58. The summed E-state index contributed by atoms with van der Waals surface area (Å²) in [6.07, 6.45) is 1.12. The summed E-state index contributed by atoms with van der Waals surface area (Å²) in [6.45, 7) is 4.95. The Morgan fingerprint density at radius 2 is 1.89 bits per heavy atom. The number of rotatable bonds is 3. The number of carbonyl (C=O) groups excluding carboxylic acids is 1. The quantitative estimate of drug-likeness (QED) is 0.860. The number of anilines is 1. The van der Waals surface area contributed by atoms with E-state index >= 15 is 0 Å². The molecule has 0 atom stereocenters. The molecule has 18 heavy (non-hydrogen) atoms. The fraction of sp³-hybridized carbons (Fsp3) is 0.417. The molecule has 1 amide bonds. The lowest BCUT2D eigenvalue weighted by Gasteiger charge is -2.19. The lowest BCUT2D eigenvalue weighted by atomic mass is 10.1. The largest absolute Gasteiger partial charge is 0.324 e. The highest BCUT2D eigenvalue weighted by atomic mass is 32.2. The van der Waals surface area contributed by atoms with Crippen molar-refractivity contribution in [3.05, 3.63) is 23.8 Å². The molecule has 3 N–H and O–H groups in total. The molecular weight excluding hydrogens is 252 g/mol. The van der Waals surface area contributed by atoms with Gasteiger partial charge >= 0.3 is 0 Å². The monoisotopic (exact) mass is 270 g/mol. The molecule has 5 nitrogen and oxygen atoms in total. The van der Waals surface area contributed by atoms with Crippen LogP contribution in [0, 0.1) is 6.92 Å². The van der Waals surface area contributed by atoms with Crippen LogP contribution in [0.3, 0.4) is 0 Å². The van der Waals surface area contributed by atoms with Gasteiger partial charge in [-0.3, -0.25) is 4.79 Å². The summed E-state index contributed by atoms with van der Waals surface area (Å²) >= 11 is 0. The summed E-state index contributed by atoms with van der Waals surface area (Å²) in [5.41, 5.74) is 5.89. The summed E-state index contributed by atoms with van der Waals surface area (Å²) in [4.78, 5) is 11.9. The van der Waals surface area contributed by atoms with E-state index in [1.165, 1.54) is 12.1 Å². The van der Waals surface area contributed by atoms with Gasteiger partial charge in [-0.2, -0.15) is 0 Å². The molecule has 0 saturated heterocycles. The first-order valence-corrected chi connectivity index (χ1v) is 7.32. The summed E-state index contributed by atoms with van der Waals surface area (Å²) in [5.74, 6) is -0.365. The van der Waals surface area contributed by atoms with Crippen molar-refractivity contribution in [2.45, 2.75) is 31.2 Å². The van der Waals surface area contributed by atoms with E-state index in [1.807, 2.05) is 0 Å². The number of nitrogens with two attached hydrogens (primary N) is 1. The smallest absolute Gasteiger partial charge is 0.243 e. The Labute approximate surface area is 107 Å². The number of benzene rings is 1.